The number of nitrogens with zero attached hydrogens (tertiary/aromatic N) is 1. The van der Waals surface area contributed by atoms with Crippen molar-refractivity contribution < 1.29 is 9.59 Å². The molecule has 4 rings (SSSR count). The van der Waals surface area contributed by atoms with E-state index in [9.17, 15) is 9.59 Å². The molecule has 2 fully saturated rings. The minimum Gasteiger partial charge on any atom is -0.366 e. The molecule has 3 atom stereocenters. The third-order valence-electron chi connectivity index (χ3n) is 6.76. The number of carbonyl (C=O) groups is 2. The minimum absolute atomic E-state index is 0.0410. The Hall–Kier alpha value is -1.35. The average Bonchev–Trinajstić information content (AvgIpc) is 2.51. The van der Waals surface area contributed by atoms with Gasteiger partial charge in [-0.15, -0.1) is 0 Å². The highest BCUT2D eigenvalue weighted by atomic mass is 35.5. The van der Waals surface area contributed by atoms with Crippen molar-refractivity contribution >= 4 is 28.9 Å². The lowest BCUT2D eigenvalue weighted by atomic mass is 9.54. The number of benzene rings is 1. The highest BCUT2D eigenvalue weighted by Crippen LogP contribution is 2.54. The van der Waals surface area contributed by atoms with E-state index in [2.05, 4.69) is 18.7 Å². The number of Topliss-reactive ketones (excluding diaryl/α,β-unsaturated/α-hetero) is 2. The van der Waals surface area contributed by atoms with Crippen molar-refractivity contribution in [2.45, 2.75) is 59.4 Å². The second kappa shape index (κ2) is 5.82. The predicted molar refractivity (Wildman–Crippen MR) is 105 cm³/mol. The Morgan fingerprint density at radius 2 is 1.73 bits per heavy atom. The van der Waals surface area contributed by atoms with Crippen LogP contribution in [0.25, 0.3) is 0 Å². The largest absolute Gasteiger partial charge is 0.366 e. The molecule has 1 aromatic carbocycles. The highest BCUT2D eigenvalue weighted by molar-refractivity contribution is 6.31. The summed E-state index contributed by atoms with van der Waals surface area (Å²) in [7, 11) is 0. The van der Waals surface area contributed by atoms with Crippen molar-refractivity contribution in [3.8, 4) is 0 Å². The van der Waals surface area contributed by atoms with Gasteiger partial charge in [-0.25, -0.2) is 0 Å². The van der Waals surface area contributed by atoms with Crippen LogP contribution in [0.15, 0.2) is 18.2 Å². The third-order valence-corrected chi connectivity index (χ3v) is 7.00. The molecule has 0 radical (unpaired) electrons. The van der Waals surface area contributed by atoms with Crippen molar-refractivity contribution in [2.75, 3.05) is 11.4 Å². The van der Waals surface area contributed by atoms with Crippen LogP contribution in [-0.4, -0.2) is 24.2 Å². The number of anilines is 1. The van der Waals surface area contributed by atoms with Crippen molar-refractivity contribution in [3.05, 3.63) is 28.8 Å². The van der Waals surface area contributed by atoms with Crippen LogP contribution in [0.2, 0.25) is 5.02 Å². The summed E-state index contributed by atoms with van der Waals surface area (Å²) in [5.41, 5.74) is 1.11. The zero-order valence-electron chi connectivity index (χ0n) is 16.1. The molecule has 4 heteroatoms. The second-order valence-corrected chi connectivity index (χ2v) is 10.1. The van der Waals surface area contributed by atoms with Gasteiger partial charge in [-0.3, -0.25) is 9.59 Å². The van der Waals surface area contributed by atoms with E-state index in [1.54, 1.807) is 0 Å². The summed E-state index contributed by atoms with van der Waals surface area (Å²) < 4.78 is 0. The molecule has 1 aromatic rings. The fourth-order valence-corrected chi connectivity index (χ4v) is 6.05. The summed E-state index contributed by atoms with van der Waals surface area (Å²) in [5, 5.41) is 0.715. The maximum Gasteiger partial charge on any atom is 0.149 e. The van der Waals surface area contributed by atoms with Crippen LogP contribution in [0.4, 0.5) is 5.69 Å². The van der Waals surface area contributed by atoms with Gasteiger partial charge in [0.2, 0.25) is 0 Å². The first kappa shape index (κ1) is 18.0. The fraction of sp³-hybridized carbons (Fsp3) is 0.636. The first-order chi connectivity index (χ1) is 12.1. The van der Waals surface area contributed by atoms with Gasteiger partial charge in [-0.05, 0) is 47.8 Å². The van der Waals surface area contributed by atoms with E-state index in [0.29, 0.717) is 36.1 Å². The predicted octanol–water partition coefficient (Wildman–Crippen LogP) is 4.69. The molecule has 0 bridgehead atoms. The SMILES string of the molecule is C[C@@H]1C[C@H](C)[C@H]2N(C1)c1cc(Cl)ccc1CC21C(=O)CC(C)(C)CC1=O. The quantitative estimate of drug-likeness (QED) is 0.619. The van der Waals surface area contributed by atoms with Crippen LogP contribution in [0.5, 0.6) is 0 Å². The van der Waals surface area contributed by atoms with E-state index in [4.69, 9.17) is 11.6 Å². The van der Waals surface area contributed by atoms with Gasteiger partial charge in [-0.1, -0.05) is 45.4 Å². The van der Waals surface area contributed by atoms with Crippen molar-refractivity contribution in [1.29, 1.82) is 0 Å². The molecule has 1 spiro atoms. The number of rotatable bonds is 0. The second-order valence-electron chi connectivity index (χ2n) is 9.70. The monoisotopic (exact) mass is 373 g/mol. The number of carbonyl (C=O) groups excluding carboxylic acids is 2. The smallest absolute Gasteiger partial charge is 0.149 e. The molecule has 26 heavy (non-hydrogen) atoms. The summed E-state index contributed by atoms with van der Waals surface area (Å²) in [6.45, 7) is 9.43. The third kappa shape index (κ3) is 2.54. The number of fused-ring (bicyclic) bond motifs is 4. The van der Waals surface area contributed by atoms with Gasteiger partial charge in [0.15, 0.2) is 0 Å². The molecule has 0 aromatic heterocycles. The van der Waals surface area contributed by atoms with Crippen LogP contribution in [0.3, 0.4) is 0 Å². The van der Waals surface area contributed by atoms with E-state index >= 15 is 0 Å². The molecule has 3 aliphatic rings. The first-order valence-electron chi connectivity index (χ1n) is 9.76. The zero-order chi connectivity index (χ0) is 18.9. The fourth-order valence-electron chi connectivity index (χ4n) is 5.88. The maximum absolute atomic E-state index is 13.5. The van der Waals surface area contributed by atoms with Gasteiger partial charge >= 0.3 is 0 Å². The molecule has 1 saturated heterocycles. The zero-order valence-corrected chi connectivity index (χ0v) is 16.9. The van der Waals surface area contributed by atoms with Crippen LogP contribution in [0.1, 0.15) is 52.5 Å². The van der Waals surface area contributed by atoms with Gasteiger partial charge in [0, 0.05) is 30.1 Å². The Balaban J connectivity index is 1.90. The Labute approximate surface area is 161 Å². The van der Waals surface area contributed by atoms with E-state index in [0.717, 1.165) is 24.2 Å². The summed E-state index contributed by atoms with van der Waals surface area (Å²) >= 11 is 6.29. The molecule has 0 unspecified atom stereocenters. The van der Waals surface area contributed by atoms with Gasteiger partial charge < -0.3 is 4.90 Å². The van der Waals surface area contributed by atoms with Gasteiger partial charge in [-0.2, -0.15) is 0 Å². The van der Waals surface area contributed by atoms with Crippen molar-refractivity contribution in [1.82, 2.24) is 0 Å². The molecular weight excluding hydrogens is 346 g/mol. The molecular formula is C22H28ClNO2. The molecule has 2 aliphatic heterocycles. The summed E-state index contributed by atoms with van der Waals surface area (Å²) in [5.74, 6) is 1.14. The topological polar surface area (TPSA) is 37.4 Å². The number of ketones is 2. The average molecular weight is 374 g/mol. The van der Waals surface area contributed by atoms with E-state index < -0.39 is 5.41 Å². The highest BCUT2D eigenvalue weighted by Gasteiger charge is 2.61. The molecule has 1 saturated carbocycles. The van der Waals surface area contributed by atoms with Crippen LogP contribution in [-0.2, 0) is 16.0 Å². The number of halogens is 1. The first-order valence-corrected chi connectivity index (χ1v) is 10.1. The van der Waals surface area contributed by atoms with E-state index in [-0.39, 0.29) is 23.0 Å². The molecule has 3 nitrogen and oxygen atoms in total. The number of hydrogen-bond donors (Lipinski definition) is 0. The van der Waals surface area contributed by atoms with Gasteiger partial charge in [0.05, 0.1) is 6.04 Å². The standard InChI is InChI=1S/C22H28ClNO2/c1-13-7-14(2)20-22(18(25)10-21(3,4)11-19(22)26)9-15-5-6-16(23)8-17(15)24(20)12-13/h5-6,8,13-14,20H,7,9-12H2,1-4H3/t13-,14+,20-/m1/s1. The Morgan fingerprint density at radius 1 is 1.08 bits per heavy atom. The normalized spacial score (nSPS) is 32.3. The lowest BCUT2D eigenvalue weighted by molar-refractivity contribution is -0.152. The molecule has 2 heterocycles. The lowest BCUT2D eigenvalue weighted by Crippen LogP contribution is -2.67. The Morgan fingerprint density at radius 3 is 2.38 bits per heavy atom. The van der Waals surface area contributed by atoms with Crippen LogP contribution in [0, 0.1) is 22.7 Å². The van der Waals surface area contributed by atoms with Gasteiger partial charge in [0.1, 0.15) is 17.0 Å². The van der Waals surface area contributed by atoms with Crippen molar-refractivity contribution in [2.24, 2.45) is 22.7 Å². The van der Waals surface area contributed by atoms with Gasteiger partial charge in [0.25, 0.3) is 0 Å². The molecule has 1 aliphatic carbocycles. The number of hydrogen-bond acceptors (Lipinski definition) is 3. The van der Waals surface area contributed by atoms with Crippen LogP contribution < -0.4 is 4.90 Å². The molecule has 0 N–H and O–H groups in total. The Bertz CT molecular complexity index is 764. The Kier molecular flexibility index (Phi) is 4.04. The summed E-state index contributed by atoms with van der Waals surface area (Å²) in [4.78, 5) is 29.3. The van der Waals surface area contributed by atoms with Crippen molar-refractivity contribution in [3.63, 3.8) is 0 Å². The summed E-state index contributed by atoms with van der Waals surface area (Å²) in [6, 6.07) is 5.87. The lowest BCUT2D eigenvalue weighted by Gasteiger charge is -2.57. The van der Waals surface area contributed by atoms with Crippen LogP contribution >= 0.6 is 11.6 Å². The van der Waals surface area contributed by atoms with E-state index in [1.807, 2.05) is 32.0 Å². The van der Waals surface area contributed by atoms with E-state index in [1.165, 1.54) is 0 Å². The number of piperidine rings is 1. The molecule has 140 valence electrons. The maximum atomic E-state index is 13.5. The molecule has 0 amide bonds. The minimum atomic E-state index is -0.879. The summed E-state index contributed by atoms with van der Waals surface area (Å²) in [6.07, 6.45) is 2.58.